The summed E-state index contributed by atoms with van der Waals surface area (Å²) in [6.07, 6.45) is 1.16. The van der Waals surface area contributed by atoms with Crippen LogP contribution in [0.25, 0.3) is 0 Å². The molecular weight excluding hydrogens is 196 g/mol. The van der Waals surface area contributed by atoms with Crippen molar-refractivity contribution in [2.24, 2.45) is 0 Å². The smallest absolute Gasteiger partial charge is 0.208 e. The number of aryl methyl sites for hydroxylation is 1. The Morgan fingerprint density at radius 2 is 2.29 bits per heavy atom. The zero-order valence-electron chi connectivity index (χ0n) is 8.66. The number of aromatic nitrogens is 2. The second-order valence-corrected chi connectivity index (χ2v) is 4.77. The van der Waals surface area contributed by atoms with E-state index in [9.17, 15) is 0 Å². The molecule has 0 atom stereocenters. The highest BCUT2D eigenvalue weighted by Gasteiger charge is 2.26. The summed E-state index contributed by atoms with van der Waals surface area (Å²) in [5.41, 5.74) is 0. The Bertz CT molecular complexity index is 295. The Morgan fingerprint density at radius 1 is 1.50 bits per heavy atom. The minimum absolute atomic E-state index is 0.627. The zero-order chi connectivity index (χ0) is 9.97. The van der Waals surface area contributed by atoms with Crippen LogP contribution < -0.4 is 10.2 Å². The van der Waals surface area contributed by atoms with E-state index in [4.69, 9.17) is 0 Å². The molecule has 14 heavy (non-hydrogen) atoms. The van der Waals surface area contributed by atoms with Crippen LogP contribution in [-0.2, 0) is 0 Å². The summed E-state index contributed by atoms with van der Waals surface area (Å²) < 4.78 is 0. The summed E-state index contributed by atoms with van der Waals surface area (Å²) in [4.78, 5) is 2.38. The lowest BCUT2D eigenvalue weighted by Crippen LogP contribution is -2.57. The van der Waals surface area contributed by atoms with E-state index < -0.39 is 0 Å². The normalized spacial score (nSPS) is 16.7. The molecule has 1 aromatic rings. The molecule has 0 aliphatic carbocycles. The molecule has 1 N–H and O–H groups in total. The van der Waals surface area contributed by atoms with Crippen LogP contribution in [0.2, 0.25) is 0 Å². The van der Waals surface area contributed by atoms with E-state index in [1.165, 1.54) is 0 Å². The Kier molecular flexibility index (Phi) is 2.98. The fourth-order valence-electron chi connectivity index (χ4n) is 1.57. The minimum Gasteiger partial charge on any atom is -0.341 e. The van der Waals surface area contributed by atoms with Gasteiger partial charge in [0.1, 0.15) is 5.01 Å². The predicted octanol–water partition coefficient (Wildman–Crippen LogP) is 1.03. The lowest BCUT2D eigenvalue weighted by molar-refractivity contribution is 0.412. The molecule has 0 unspecified atom stereocenters. The minimum atomic E-state index is 0.627. The van der Waals surface area contributed by atoms with Crippen molar-refractivity contribution >= 4 is 16.5 Å². The SMILES string of the molecule is CCCN(c1nnc(C)s1)C1CNC1. The highest BCUT2D eigenvalue weighted by atomic mass is 32.1. The molecule has 0 amide bonds. The maximum absolute atomic E-state index is 4.20. The molecule has 0 saturated carbocycles. The maximum Gasteiger partial charge on any atom is 0.208 e. The topological polar surface area (TPSA) is 41.1 Å². The first-order chi connectivity index (χ1) is 6.81. The van der Waals surface area contributed by atoms with E-state index >= 15 is 0 Å². The van der Waals surface area contributed by atoms with E-state index in [0.29, 0.717) is 6.04 Å². The average molecular weight is 212 g/mol. The lowest BCUT2D eigenvalue weighted by Gasteiger charge is -2.37. The highest BCUT2D eigenvalue weighted by molar-refractivity contribution is 7.15. The van der Waals surface area contributed by atoms with Crippen LogP contribution in [0.1, 0.15) is 18.4 Å². The van der Waals surface area contributed by atoms with Gasteiger partial charge in [0.15, 0.2) is 0 Å². The summed E-state index contributed by atoms with van der Waals surface area (Å²) in [7, 11) is 0. The monoisotopic (exact) mass is 212 g/mol. The van der Waals surface area contributed by atoms with Crippen molar-refractivity contribution in [3.63, 3.8) is 0 Å². The summed E-state index contributed by atoms with van der Waals surface area (Å²) in [6.45, 7) is 7.45. The third-order valence-corrected chi connectivity index (χ3v) is 3.30. The van der Waals surface area contributed by atoms with Crippen molar-refractivity contribution in [2.45, 2.75) is 26.3 Å². The number of rotatable bonds is 4. The number of hydrogen-bond donors (Lipinski definition) is 1. The molecule has 0 radical (unpaired) electrons. The van der Waals surface area contributed by atoms with Crippen LogP contribution in [0.3, 0.4) is 0 Å². The Hall–Kier alpha value is -0.680. The average Bonchev–Trinajstić information content (AvgIpc) is 2.48. The van der Waals surface area contributed by atoms with Gasteiger partial charge in [-0.05, 0) is 13.3 Å². The molecule has 1 saturated heterocycles. The van der Waals surface area contributed by atoms with Crippen LogP contribution in [-0.4, -0.2) is 35.9 Å². The van der Waals surface area contributed by atoms with E-state index in [1.807, 2.05) is 6.92 Å². The number of anilines is 1. The zero-order valence-corrected chi connectivity index (χ0v) is 9.47. The van der Waals surface area contributed by atoms with E-state index in [-0.39, 0.29) is 0 Å². The molecule has 4 nitrogen and oxygen atoms in total. The molecule has 1 fully saturated rings. The third kappa shape index (κ3) is 1.88. The highest BCUT2D eigenvalue weighted by Crippen LogP contribution is 2.23. The largest absolute Gasteiger partial charge is 0.341 e. The second-order valence-electron chi connectivity index (χ2n) is 3.61. The van der Waals surface area contributed by atoms with Crippen molar-refractivity contribution in [1.29, 1.82) is 0 Å². The van der Waals surface area contributed by atoms with Gasteiger partial charge in [-0.3, -0.25) is 0 Å². The molecule has 1 aliphatic rings. The van der Waals surface area contributed by atoms with Gasteiger partial charge >= 0.3 is 0 Å². The van der Waals surface area contributed by atoms with Crippen molar-refractivity contribution in [2.75, 3.05) is 24.5 Å². The van der Waals surface area contributed by atoms with Crippen molar-refractivity contribution in [1.82, 2.24) is 15.5 Å². The Balaban J connectivity index is 2.09. The Labute approximate surface area is 88.3 Å². The third-order valence-electron chi connectivity index (χ3n) is 2.43. The molecule has 0 spiro atoms. The number of nitrogens with zero attached hydrogens (tertiary/aromatic N) is 3. The summed E-state index contributed by atoms with van der Waals surface area (Å²) in [6, 6.07) is 0.627. The first-order valence-corrected chi connectivity index (χ1v) is 5.90. The molecule has 2 heterocycles. The molecule has 1 aliphatic heterocycles. The fraction of sp³-hybridized carbons (Fsp3) is 0.778. The van der Waals surface area contributed by atoms with E-state index in [1.54, 1.807) is 11.3 Å². The summed E-state index contributed by atoms with van der Waals surface area (Å²) in [5, 5.41) is 13.7. The lowest BCUT2D eigenvalue weighted by atomic mass is 10.1. The van der Waals surface area contributed by atoms with Crippen LogP contribution in [0.15, 0.2) is 0 Å². The first-order valence-electron chi connectivity index (χ1n) is 5.08. The fourth-order valence-corrected chi connectivity index (χ4v) is 2.36. The van der Waals surface area contributed by atoms with E-state index in [2.05, 4.69) is 27.3 Å². The number of nitrogens with one attached hydrogen (secondary N) is 1. The van der Waals surface area contributed by atoms with E-state index in [0.717, 1.165) is 36.2 Å². The van der Waals surface area contributed by atoms with Gasteiger partial charge in [0.05, 0.1) is 6.04 Å². The predicted molar refractivity (Wildman–Crippen MR) is 58.9 cm³/mol. The van der Waals surface area contributed by atoms with Gasteiger partial charge in [0.2, 0.25) is 5.13 Å². The van der Waals surface area contributed by atoms with Gasteiger partial charge in [-0.25, -0.2) is 0 Å². The Morgan fingerprint density at radius 3 is 2.71 bits per heavy atom. The van der Waals surface area contributed by atoms with Gasteiger partial charge < -0.3 is 10.2 Å². The molecule has 0 aromatic carbocycles. The van der Waals surface area contributed by atoms with Crippen LogP contribution >= 0.6 is 11.3 Å². The standard InChI is InChI=1S/C9H16N4S/c1-3-4-13(8-5-10-6-8)9-12-11-7(2)14-9/h8,10H,3-6H2,1-2H3. The molecular formula is C9H16N4S. The summed E-state index contributed by atoms with van der Waals surface area (Å²) >= 11 is 1.69. The first kappa shape index (κ1) is 9.86. The molecule has 0 bridgehead atoms. The van der Waals surface area contributed by atoms with Gasteiger partial charge in [-0.2, -0.15) is 0 Å². The van der Waals surface area contributed by atoms with Crippen molar-refractivity contribution in [3.8, 4) is 0 Å². The maximum atomic E-state index is 4.20. The second kappa shape index (κ2) is 4.23. The summed E-state index contributed by atoms with van der Waals surface area (Å²) in [5.74, 6) is 0. The van der Waals surface area contributed by atoms with Gasteiger partial charge in [0, 0.05) is 19.6 Å². The van der Waals surface area contributed by atoms with Gasteiger partial charge in [0.25, 0.3) is 0 Å². The van der Waals surface area contributed by atoms with Gasteiger partial charge in [-0.15, -0.1) is 10.2 Å². The molecule has 5 heteroatoms. The van der Waals surface area contributed by atoms with Crippen molar-refractivity contribution < 1.29 is 0 Å². The van der Waals surface area contributed by atoms with Gasteiger partial charge in [-0.1, -0.05) is 18.3 Å². The van der Waals surface area contributed by atoms with Crippen LogP contribution in [0.4, 0.5) is 5.13 Å². The number of hydrogen-bond acceptors (Lipinski definition) is 5. The molecule has 78 valence electrons. The quantitative estimate of drug-likeness (QED) is 0.809. The van der Waals surface area contributed by atoms with Crippen LogP contribution in [0.5, 0.6) is 0 Å². The van der Waals surface area contributed by atoms with Crippen LogP contribution in [0, 0.1) is 6.92 Å². The van der Waals surface area contributed by atoms with Crippen molar-refractivity contribution in [3.05, 3.63) is 5.01 Å². The molecule has 2 rings (SSSR count). The molecule has 1 aromatic heterocycles.